The zero-order chi connectivity index (χ0) is 34.4. The molecule has 0 spiro atoms. The van der Waals surface area contributed by atoms with Crippen LogP contribution in [-0.2, 0) is 9.59 Å². The predicted octanol–water partition coefficient (Wildman–Crippen LogP) is 9.43. The van der Waals surface area contributed by atoms with Crippen LogP contribution >= 0.6 is 11.8 Å². The van der Waals surface area contributed by atoms with Crippen molar-refractivity contribution in [3.63, 3.8) is 0 Å². The Morgan fingerprint density at radius 1 is 0.638 bits per heavy atom. The van der Waals surface area contributed by atoms with Gasteiger partial charge in [0.1, 0.15) is 0 Å². The van der Waals surface area contributed by atoms with Gasteiger partial charge in [0.15, 0.2) is 0 Å². The van der Waals surface area contributed by atoms with E-state index >= 15 is 0 Å². The van der Waals surface area contributed by atoms with Crippen molar-refractivity contribution in [2.24, 2.45) is 0 Å². The van der Waals surface area contributed by atoms with Crippen LogP contribution in [0.2, 0.25) is 0 Å². The van der Waals surface area contributed by atoms with Crippen molar-refractivity contribution in [3.05, 3.63) is 127 Å². The van der Waals surface area contributed by atoms with E-state index in [4.69, 9.17) is 0 Å². The molecule has 0 aliphatic heterocycles. The average Bonchev–Trinajstić information content (AvgIpc) is 3.02. The third-order valence-corrected chi connectivity index (χ3v) is 8.55. The van der Waals surface area contributed by atoms with E-state index in [2.05, 4.69) is 0 Å². The van der Waals surface area contributed by atoms with Crippen molar-refractivity contribution in [2.45, 2.75) is 49.3 Å². The van der Waals surface area contributed by atoms with Crippen LogP contribution in [0.5, 0.6) is 0 Å². The number of carbonyl (C=O) groups is 2. The second-order valence-corrected chi connectivity index (χ2v) is 12.3. The SMILES string of the molecule is CC(C)c1ccccc1-c1c(C=CC(=O)O)ccc(Sc2ccc(C=CC(=O)O)c(-c3ccccc3C(C)C)c2[N+](=O)[O-])c1[N+](=O)[O-]. The molecule has 0 saturated heterocycles. The minimum atomic E-state index is -1.23. The van der Waals surface area contributed by atoms with Crippen LogP contribution in [-0.4, -0.2) is 32.0 Å². The summed E-state index contributed by atoms with van der Waals surface area (Å²) in [6, 6.07) is 20.3. The highest BCUT2D eigenvalue weighted by Crippen LogP contribution is 2.50. The molecule has 0 heterocycles. The zero-order valence-corrected chi connectivity index (χ0v) is 26.9. The topological polar surface area (TPSA) is 161 Å². The third kappa shape index (κ3) is 7.64. The maximum absolute atomic E-state index is 12.9. The van der Waals surface area contributed by atoms with Crippen LogP contribution in [0.3, 0.4) is 0 Å². The molecule has 0 atom stereocenters. The standard InChI is InChI=1S/C36H32N2O8S/c1-21(2)25-9-5-7-11-27(25)33-23(15-19-31(39)40)13-17-29(35(33)37(43)44)47-30-18-14-24(16-20-32(41)42)34(36(30)38(45)46)28-12-8-6-10-26(28)22(3)4/h5-22H,1-4H3,(H,39,40)(H,41,42). The quantitative estimate of drug-likeness (QED) is 0.0862. The summed E-state index contributed by atoms with van der Waals surface area (Å²) >= 11 is 0.846. The molecule has 2 N–H and O–H groups in total. The van der Waals surface area contributed by atoms with E-state index in [9.17, 15) is 40.0 Å². The molecule has 0 amide bonds. The minimum absolute atomic E-state index is 0.0329. The lowest BCUT2D eigenvalue weighted by atomic mass is 9.89. The summed E-state index contributed by atoms with van der Waals surface area (Å²) in [5.41, 5.74) is 3.00. The summed E-state index contributed by atoms with van der Waals surface area (Å²) in [4.78, 5) is 47.7. The first kappa shape index (κ1) is 34.3. The summed E-state index contributed by atoms with van der Waals surface area (Å²) in [6.45, 7) is 7.76. The van der Waals surface area contributed by atoms with Crippen molar-refractivity contribution >= 4 is 47.2 Å². The summed E-state index contributed by atoms with van der Waals surface area (Å²) in [7, 11) is 0. The van der Waals surface area contributed by atoms with E-state index in [1.54, 1.807) is 36.4 Å². The molecule has 0 aromatic heterocycles. The Labute approximate surface area is 275 Å². The van der Waals surface area contributed by atoms with Gasteiger partial charge in [-0.05, 0) is 69.5 Å². The van der Waals surface area contributed by atoms with Gasteiger partial charge in [-0.1, -0.05) is 100 Å². The van der Waals surface area contributed by atoms with Gasteiger partial charge in [0.05, 0.1) is 30.8 Å². The average molecular weight is 653 g/mol. The summed E-state index contributed by atoms with van der Waals surface area (Å²) in [5.74, 6) is -2.52. The summed E-state index contributed by atoms with van der Waals surface area (Å²) in [5, 5.41) is 44.4. The van der Waals surface area contributed by atoms with Gasteiger partial charge in [-0.25, -0.2) is 9.59 Å². The molecule has 0 aliphatic carbocycles. The van der Waals surface area contributed by atoms with Gasteiger partial charge in [0.2, 0.25) is 0 Å². The van der Waals surface area contributed by atoms with E-state index < -0.39 is 21.8 Å². The largest absolute Gasteiger partial charge is 0.478 e. The molecule has 0 saturated carbocycles. The van der Waals surface area contributed by atoms with E-state index in [-0.39, 0.29) is 44.1 Å². The summed E-state index contributed by atoms with van der Waals surface area (Å²) in [6.07, 6.45) is 4.40. The van der Waals surface area contributed by atoms with E-state index in [0.717, 1.165) is 35.0 Å². The Balaban J connectivity index is 2.08. The van der Waals surface area contributed by atoms with E-state index in [1.807, 2.05) is 52.0 Å². The maximum Gasteiger partial charge on any atom is 0.328 e. The number of aliphatic carboxylic acids is 2. The van der Waals surface area contributed by atoms with Crippen LogP contribution in [0, 0.1) is 20.2 Å². The number of nitrogens with zero attached hydrogens (tertiary/aromatic N) is 2. The fourth-order valence-electron chi connectivity index (χ4n) is 5.44. The normalized spacial score (nSPS) is 11.5. The monoisotopic (exact) mass is 652 g/mol. The molecule has 11 heteroatoms. The van der Waals surface area contributed by atoms with Crippen molar-refractivity contribution in [2.75, 3.05) is 0 Å². The van der Waals surface area contributed by atoms with Crippen LogP contribution in [0.15, 0.2) is 94.7 Å². The molecular formula is C36H32N2O8S. The van der Waals surface area contributed by atoms with Crippen LogP contribution in [0.25, 0.3) is 34.4 Å². The molecule has 0 radical (unpaired) electrons. The molecule has 240 valence electrons. The molecule has 4 aromatic carbocycles. The highest BCUT2D eigenvalue weighted by molar-refractivity contribution is 7.99. The van der Waals surface area contributed by atoms with Gasteiger partial charge in [-0.15, -0.1) is 0 Å². The summed E-state index contributed by atoms with van der Waals surface area (Å²) < 4.78 is 0. The highest BCUT2D eigenvalue weighted by atomic mass is 32.2. The number of rotatable bonds is 12. The van der Waals surface area contributed by atoms with Gasteiger partial charge < -0.3 is 10.2 Å². The molecule has 0 fully saturated rings. The molecule has 0 unspecified atom stereocenters. The molecule has 0 bridgehead atoms. The van der Waals surface area contributed by atoms with Crippen molar-refractivity contribution in [1.29, 1.82) is 0 Å². The van der Waals surface area contributed by atoms with Crippen molar-refractivity contribution < 1.29 is 29.6 Å². The van der Waals surface area contributed by atoms with Gasteiger partial charge >= 0.3 is 11.9 Å². The van der Waals surface area contributed by atoms with E-state index in [0.29, 0.717) is 22.3 Å². The number of carboxylic acid groups (broad SMARTS) is 2. The first-order valence-corrected chi connectivity index (χ1v) is 15.4. The highest BCUT2D eigenvalue weighted by Gasteiger charge is 2.31. The number of benzene rings is 4. The first-order valence-electron chi connectivity index (χ1n) is 14.6. The Kier molecular flexibility index (Phi) is 10.7. The number of hydrogen-bond donors (Lipinski definition) is 2. The van der Waals surface area contributed by atoms with Gasteiger partial charge in [-0.3, -0.25) is 20.2 Å². The molecule has 4 aromatic rings. The van der Waals surface area contributed by atoms with Gasteiger partial charge in [0.25, 0.3) is 11.4 Å². The fourth-order valence-corrected chi connectivity index (χ4v) is 6.50. The number of nitro groups is 2. The van der Waals surface area contributed by atoms with Gasteiger partial charge in [0, 0.05) is 12.2 Å². The Hall–Kier alpha value is -5.55. The molecule has 0 aliphatic rings. The fraction of sp³-hybridized carbons (Fsp3) is 0.167. The lowest BCUT2D eigenvalue weighted by molar-refractivity contribution is -0.387. The van der Waals surface area contributed by atoms with Crippen LogP contribution in [0.4, 0.5) is 11.4 Å². The Morgan fingerprint density at radius 2 is 1.00 bits per heavy atom. The third-order valence-electron chi connectivity index (χ3n) is 7.45. The smallest absolute Gasteiger partial charge is 0.328 e. The van der Waals surface area contributed by atoms with Gasteiger partial charge in [-0.2, -0.15) is 0 Å². The predicted molar refractivity (Wildman–Crippen MR) is 183 cm³/mol. The van der Waals surface area contributed by atoms with Crippen LogP contribution in [0.1, 0.15) is 61.8 Å². The number of hydrogen-bond acceptors (Lipinski definition) is 7. The molecule has 4 rings (SSSR count). The molecule has 47 heavy (non-hydrogen) atoms. The second-order valence-electron chi connectivity index (χ2n) is 11.2. The lowest BCUT2D eigenvalue weighted by Gasteiger charge is -2.18. The van der Waals surface area contributed by atoms with Crippen molar-refractivity contribution in [1.82, 2.24) is 0 Å². The van der Waals surface area contributed by atoms with E-state index in [1.165, 1.54) is 24.3 Å². The lowest BCUT2D eigenvalue weighted by Crippen LogP contribution is -2.02. The van der Waals surface area contributed by atoms with Crippen molar-refractivity contribution in [3.8, 4) is 22.3 Å². The molecular weight excluding hydrogens is 620 g/mol. The first-order chi connectivity index (χ1) is 22.3. The van der Waals surface area contributed by atoms with Crippen LogP contribution < -0.4 is 0 Å². The molecule has 10 nitrogen and oxygen atoms in total. The Morgan fingerprint density at radius 3 is 1.32 bits per heavy atom. The maximum atomic E-state index is 12.9. The minimum Gasteiger partial charge on any atom is -0.478 e. The number of nitro benzene ring substituents is 2. The Bertz CT molecular complexity index is 1810. The number of carboxylic acids is 2. The zero-order valence-electron chi connectivity index (χ0n) is 26.0. The second kappa shape index (κ2) is 14.7.